The van der Waals surface area contributed by atoms with Crippen molar-refractivity contribution in [2.45, 2.75) is 24.0 Å². The Morgan fingerprint density at radius 2 is 0.923 bits per heavy atom. The van der Waals surface area contributed by atoms with Gasteiger partial charge < -0.3 is 50.3 Å². The summed E-state index contributed by atoms with van der Waals surface area (Å²) in [6.45, 7) is 0. The highest BCUT2D eigenvalue weighted by molar-refractivity contribution is 5.73. The van der Waals surface area contributed by atoms with E-state index in [1.54, 1.807) is 60.7 Å². The van der Waals surface area contributed by atoms with Crippen LogP contribution in [-0.4, -0.2) is 40.9 Å². The summed E-state index contributed by atoms with van der Waals surface area (Å²) in [4.78, 5) is 0. The van der Waals surface area contributed by atoms with Gasteiger partial charge in [0.2, 0.25) is 0 Å². The Bertz CT molecular complexity index is 2350. The van der Waals surface area contributed by atoms with Gasteiger partial charge in [-0.2, -0.15) is 0 Å². The molecule has 0 radical (unpaired) electrons. The normalized spacial score (nSPS) is 18.8. The minimum atomic E-state index is -0.950. The fourth-order valence-electron chi connectivity index (χ4n) is 7.27. The van der Waals surface area contributed by atoms with Crippen molar-refractivity contribution in [2.75, 3.05) is 0 Å². The predicted octanol–water partition coefficient (Wildman–Crippen LogP) is 8.03. The van der Waals surface area contributed by atoms with Gasteiger partial charge in [0.25, 0.3) is 0 Å². The molecule has 8 N–H and O–H groups in total. The van der Waals surface area contributed by atoms with Gasteiger partial charge in [0.15, 0.2) is 0 Å². The van der Waals surface area contributed by atoms with Crippen LogP contribution in [0, 0.1) is 0 Å². The van der Waals surface area contributed by atoms with Gasteiger partial charge in [-0.25, -0.2) is 0 Å². The van der Waals surface area contributed by atoms with E-state index >= 15 is 0 Å². The maximum Gasteiger partial charge on any atom is 0.138 e. The molecule has 2 aliphatic heterocycles. The molecule has 0 bridgehead atoms. The molecule has 0 amide bonds. The molecule has 0 spiro atoms. The number of phenols is 8. The van der Waals surface area contributed by atoms with Crippen molar-refractivity contribution in [3.8, 4) is 57.5 Å². The van der Waals surface area contributed by atoms with Crippen LogP contribution in [0.4, 0.5) is 0 Å². The van der Waals surface area contributed by atoms with Crippen LogP contribution >= 0.6 is 0 Å². The first-order valence-corrected chi connectivity index (χ1v) is 16.4. The van der Waals surface area contributed by atoms with Crippen molar-refractivity contribution >= 4 is 12.2 Å². The summed E-state index contributed by atoms with van der Waals surface area (Å²) < 4.78 is 13.0. The zero-order valence-electron chi connectivity index (χ0n) is 27.3. The Hall–Kier alpha value is -6.94. The molecule has 52 heavy (non-hydrogen) atoms. The van der Waals surface area contributed by atoms with Crippen LogP contribution in [-0.2, 0) is 0 Å². The van der Waals surface area contributed by atoms with E-state index < -0.39 is 24.0 Å². The second kappa shape index (κ2) is 12.4. The molecule has 0 saturated carbocycles. The first-order chi connectivity index (χ1) is 25.0. The lowest BCUT2D eigenvalue weighted by molar-refractivity contribution is 0.215. The van der Waals surface area contributed by atoms with Crippen molar-refractivity contribution in [2.24, 2.45) is 0 Å². The molecule has 10 nitrogen and oxygen atoms in total. The molecule has 4 atom stereocenters. The fraction of sp³-hybridized carbons (Fsp3) is 0.0952. The zero-order valence-corrected chi connectivity index (χ0v) is 27.3. The summed E-state index contributed by atoms with van der Waals surface area (Å²) in [5, 5.41) is 84.7. The standard InChI is InChI=1S/C42H32O10/c43-26-7-3-21(4-8-26)1-2-22-13-33(49)39-35(14-22)51-41(23-5-9-27(44)10-6-23)37(39)25-17-34(50)40-36(18-25)52-42(31-12-11-28(45)20-32(31)48)38(40)24-15-29(46)19-30(47)16-24/h1-20,37-38,41-50H. The van der Waals surface area contributed by atoms with Gasteiger partial charge >= 0.3 is 0 Å². The van der Waals surface area contributed by atoms with Gasteiger partial charge in [-0.1, -0.05) is 36.4 Å². The number of benzene rings is 6. The number of aromatic hydroxyl groups is 8. The van der Waals surface area contributed by atoms with Gasteiger partial charge in [-0.3, -0.25) is 0 Å². The molecular weight excluding hydrogens is 664 g/mol. The molecule has 0 aromatic heterocycles. The van der Waals surface area contributed by atoms with Crippen molar-refractivity contribution in [3.63, 3.8) is 0 Å². The average molecular weight is 697 g/mol. The number of hydrogen-bond donors (Lipinski definition) is 8. The Morgan fingerprint density at radius 3 is 1.60 bits per heavy atom. The third kappa shape index (κ3) is 5.75. The molecule has 0 fully saturated rings. The van der Waals surface area contributed by atoms with Crippen LogP contribution in [0.15, 0.2) is 109 Å². The first-order valence-electron chi connectivity index (χ1n) is 16.4. The highest BCUT2D eigenvalue weighted by Crippen LogP contribution is 2.59. The molecule has 2 heterocycles. The minimum Gasteiger partial charge on any atom is -0.508 e. The third-order valence-corrected chi connectivity index (χ3v) is 9.57. The van der Waals surface area contributed by atoms with Crippen LogP contribution in [0.5, 0.6) is 57.5 Å². The lowest BCUT2D eigenvalue weighted by Crippen LogP contribution is -2.12. The molecule has 2 aliphatic rings. The van der Waals surface area contributed by atoms with Crippen molar-refractivity contribution in [1.29, 1.82) is 0 Å². The Labute approximate surface area is 297 Å². The van der Waals surface area contributed by atoms with Crippen LogP contribution in [0.3, 0.4) is 0 Å². The molecule has 10 heteroatoms. The summed E-state index contributed by atoms with van der Waals surface area (Å²) in [5.74, 6) is -1.65. The average Bonchev–Trinajstić information content (AvgIpc) is 3.68. The SMILES string of the molecule is Oc1ccc(C=Cc2cc(O)c3c(c2)OC(c2ccc(O)cc2)C3c2cc(O)c3c(c2)OC(c2ccc(O)cc2O)C3c2cc(O)cc(O)c2)cc1. The van der Waals surface area contributed by atoms with Crippen molar-refractivity contribution < 1.29 is 50.3 Å². The van der Waals surface area contributed by atoms with E-state index in [1.165, 1.54) is 48.5 Å². The minimum absolute atomic E-state index is 0.0463. The highest BCUT2D eigenvalue weighted by Gasteiger charge is 2.44. The third-order valence-electron chi connectivity index (χ3n) is 9.57. The van der Waals surface area contributed by atoms with E-state index in [9.17, 15) is 40.9 Å². The number of hydrogen-bond acceptors (Lipinski definition) is 10. The van der Waals surface area contributed by atoms with Crippen LogP contribution in [0.1, 0.15) is 68.6 Å². The molecule has 6 aromatic carbocycles. The van der Waals surface area contributed by atoms with Gasteiger partial charge in [0.1, 0.15) is 69.7 Å². The number of ether oxygens (including phenoxy) is 2. The summed E-state index contributed by atoms with van der Waals surface area (Å²) in [6.07, 6.45) is 2.00. The van der Waals surface area contributed by atoms with Crippen LogP contribution in [0.2, 0.25) is 0 Å². The van der Waals surface area contributed by atoms with Crippen molar-refractivity contribution in [1.82, 2.24) is 0 Å². The Morgan fingerprint density at radius 1 is 0.385 bits per heavy atom. The monoisotopic (exact) mass is 696 g/mol. The second-order valence-corrected chi connectivity index (χ2v) is 13.0. The molecule has 0 aliphatic carbocycles. The molecule has 260 valence electrons. The van der Waals surface area contributed by atoms with Gasteiger partial charge in [0, 0.05) is 28.8 Å². The summed E-state index contributed by atoms with van der Waals surface area (Å²) in [7, 11) is 0. The molecule has 6 aromatic rings. The number of fused-ring (bicyclic) bond motifs is 2. The highest BCUT2D eigenvalue weighted by atomic mass is 16.5. The Balaban J connectivity index is 1.25. The van der Waals surface area contributed by atoms with E-state index in [1.807, 2.05) is 12.2 Å². The Kier molecular flexibility index (Phi) is 7.72. The maximum absolute atomic E-state index is 11.8. The quantitative estimate of drug-likeness (QED) is 0.0795. The van der Waals surface area contributed by atoms with Crippen LogP contribution < -0.4 is 9.47 Å². The smallest absolute Gasteiger partial charge is 0.138 e. The van der Waals surface area contributed by atoms with Crippen molar-refractivity contribution in [3.05, 3.63) is 154 Å². The molecular formula is C42H32O10. The predicted molar refractivity (Wildman–Crippen MR) is 191 cm³/mol. The molecule has 8 rings (SSSR count). The topological polar surface area (TPSA) is 180 Å². The number of phenolic OH excluding ortho intramolecular Hbond substituents is 8. The zero-order chi connectivity index (χ0) is 36.3. The largest absolute Gasteiger partial charge is 0.508 e. The first kappa shape index (κ1) is 32.3. The van der Waals surface area contributed by atoms with Gasteiger partial charge in [0.05, 0.1) is 11.8 Å². The summed E-state index contributed by atoms with van der Waals surface area (Å²) >= 11 is 0. The van der Waals surface area contributed by atoms with Gasteiger partial charge in [-0.05, 0) is 101 Å². The van der Waals surface area contributed by atoms with E-state index in [2.05, 4.69) is 0 Å². The summed E-state index contributed by atoms with van der Waals surface area (Å²) in [5.41, 5.74) is 4.23. The molecule has 0 saturated heterocycles. The van der Waals surface area contributed by atoms with E-state index in [0.717, 1.165) is 5.56 Å². The lowest BCUT2D eigenvalue weighted by atomic mass is 9.81. The van der Waals surface area contributed by atoms with E-state index in [4.69, 9.17) is 9.47 Å². The van der Waals surface area contributed by atoms with Gasteiger partial charge in [-0.15, -0.1) is 0 Å². The number of rotatable bonds is 6. The van der Waals surface area contributed by atoms with E-state index in [0.29, 0.717) is 44.7 Å². The second-order valence-electron chi connectivity index (χ2n) is 13.0. The molecule has 4 unspecified atom stereocenters. The van der Waals surface area contributed by atoms with E-state index in [-0.39, 0.29) is 51.7 Å². The lowest BCUT2D eigenvalue weighted by Gasteiger charge is -2.22. The summed E-state index contributed by atoms with van der Waals surface area (Å²) in [6, 6.07) is 28.0. The fourth-order valence-corrected chi connectivity index (χ4v) is 7.27. The maximum atomic E-state index is 11.8. The van der Waals surface area contributed by atoms with Crippen LogP contribution in [0.25, 0.3) is 12.2 Å².